The van der Waals surface area contributed by atoms with Crippen LogP contribution in [0.4, 0.5) is 0 Å². The lowest BCUT2D eigenvalue weighted by atomic mass is 10.1. The van der Waals surface area contributed by atoms with Crippen molar-refractivity contribution in [3.63, 3.8) is 0 Å². The van der Waals surface area contributed by atoms with Crippen LogP contribution in [0.1, 0.15) is 15.9 Å². The summed E-state index contributed by atoms with van der Waals surface area (Å²) in [7, 11) is 1.65. The third kappa shape index (κ3) is 3.55. The van der Waals surface area contributed by atoms with E-state index in [9.17, 15) is 4.79 Å². The highest BCUT2D eigenvalue weighted by molar-refractivity contribution is 5.93. The fraction of sp³-hybridized carbons (Fsp3) is 0.500. The van der Waals surface area contributed by atoms with Gasteiger partial charge in [0.1, 0.15) is 0 Å². The Labute approximate surface area is 108 Å². The van der Waals surface area contributed by atoms with E-state index in [-0.39, 0.29) is 5.91 Å². The Morgan fingerprint density at radius 2 is 1.94 bits per heavy atom. The highest BCUT2D eigenvalue weighted by Gasteiger charge is 2.10. The summed E-state index contributed by atoms with van der Waals surface area (Å²) in [4.78, 5) is 13.8. The van der Waals surface area contributed by atoms with E-state index in [4.69, 9.17) is 4.74 Å². The number of carbonyl (C=O) groups excluding carboxylic acids is 1. The Morgan fingerprint density at radius 3 is 2.56 bits per heavy atom. The smallest absolute Gasteiger partial charge is 0.251 e. The molecule has 18 heavy (non-hydrogen) atoms. The van der Waals surface area contributed by atoms with E-state index < -0.39 is 0 Å². The second kappa shape index (κ2) is 6.52. The van der Waals surface area contributed by atoms with Crippen LogP contribution >= 0.6 is 0 Å². The van der Waals surface area contributed by atoms with Gasteiger partial charge < -0.3 is 10.1 Å². The van der Waals surface area contributed by atoms with E-state index in [1.165, 1.54) is 5.56 Å². The number of ether oxygens (including phenoxy) is 1. The van der Waals surface area contributed by atoms with Gasteiger partial charge >= 0.3 is 0 Å². The molecule has 0 aliphatic carbocycles. The predicted octanol–water partition coefficient (Wildman–Crippen LogP) is 0.921. The van der Waals surface area contributed by atoms with Crippen LogP contribution in [0.3, 0.4) is 0 Å². The lowest BCUT2D eigenvalue weighted by Crippen LogP contribution is -2.37. The molecule has 0 saturated carbocycles. The zero-order valence-electron chi connectivity index (χ0n) is 10.8. The number of rotatable bonds is 4. The Balaban J connectivity index is 1.84. The average molecular weight is 248 g/mol. The van der Waals surface area contributed by atoms with E-state index in [0.29, 0.717) is 5.56 Å². The van der Waals surface area contributed by atoms with Crippen LogP contribution in [0.25, 0.3) is 0 Å². The molecule has 0 unspecified atom stereocenters. The summed E-state index contributed by atoms with van der Waals surface area (Å²) in [5, 5.41) is 2.62. The highest BCUT2D eigenvalue weighted by atomic mass is 16.5. The molecule has 0 atom stereocenters. The Morgan fingerprint density at radius 1 is 1.28 bits per heavy atom. The van der Waals surface area contributed by atoms with Gasteiger partial charge in [-0.15, -0.1) is 0 Å². The van der Waals surface area contributed by atoms with Crippen molar-refractivity contribution in [1.82, 2.24) is 10.2 Å². The Hall–Kier alpha value is -1.39. The van der Waals surface area contributed by atoms with E-state index in [0.717, 1.165) is 39.3 Å². The second-order valence-corrected chi connectivity index (χ2v) is 4.48. The van der Waals surface area contributed by atoms with E-state index in [1.807, 2.05) is 24.3 Å². The van der Waals surface area contributed by atoms with Crippen LogP contribution in [0.5, 0.6) is 0 Å². The quantitative estimate of drug-likeness (QED) is 0.861. The largest absolute Gasteiger partial charge is 0.379 e. The summed E-state index contributed by atoms with van der Waals surface area (Å²) in [5.74, 6) is -0.0327. The van der Waals surface area contributed by atoms with Gasteiger partial charge in [0.25, 0.3) is 5.91 Å². The normalized spacial score (nSPS) is 16.5. The minimum absolute atomic E-state index is 0.0327. The lowest BCUT2D eigenvalue weighted by Gasteiger charge is -2.26. The molecule has 0 radical (unpaired) electrons. The van der Waals surface area contributed by atoms with Crippen LogP contribution in [0.15, 0.2) is 24.3 Å². The molecule has 1 N–H and O–H groups in total. The standard InChI is InChI=1S/C14H20N2O2/c1-15-14(17)13-4-2-12(3-5-13)6-7-16-8-10-18-11-9-16/h2-5H,6-11H2,1H3,(H,15,17). The number of nitrogens with one attached hydrogen (secondary N) is 1. The lowest BCUT2D eigenvalue weighted by molar-refractivity contribution is 0.0384. The summed E-state index contributed by atoms with van der Waals surface area (Å²) in [5.41, 5.74) is 1.99. The Bertz CT molecular complexity index is 383. The highest BCUT2D eigenvalue weighted by Crippen LogP contribution is 2.07. The minimum Gasteiger partial charge on any atom is -0.379 e. The van der Waals surface area contributed by atoms with Crippen molar-refractivity contribution in [2.45, 2.75) is 6.42 Å². The van der Waals surface area contributed by atoms with Crippen molar-refractivity contribution < 1.29 is 9.53 Å². The van der Waals surface area contributed by atoms with Gasteiger partial charge in [-0.05, 0) is 24.1 Å². The SMILES string of the molecule is CNC(=O)c1ccc(CCN2CCOCC2)cc1. The van der Waals surface area contributed by atoms with Gasteiger partial charge in [0, 0.05) is 32.2 Å². The average Bonchev–Trinajstić information content (AvgIpc) is 2.46. The molecular formula is C14H20N2O2. The first-order valence-electron chi connectivity index (χ1n) is 6.41. The zero-order chi connectivity index (χ0) is 12.8. The molecule has 0 aromatic heterocycles. The molecule has 2 rings (SSSR count). The fourth-order valence-corrected chi connectivity index (χ4v) is 2.08. The minimum atomic E-state index is -0.0327. The van der Waals surface area contributed by atoms with Gasteiger partial charge in [0.15, 0.2) is 0 Å². The van der Waals surface area contributed by atoms with Crippen molar-refractivity contribution in [2.75, 3.05) is 39.9 Å². The maximum atomic E-state index is 11.4. The van der Waals surface area contributed by atoms with Crippen molar-refractivity contribution in [2.24, 2.45) is 0 Å². The van der Waals surface area contributed by atoms with Crippen LogP contribution in [-0.4, -0.2) is 50.7 Å². The van der Waals surface area contributed by atoms with Gasteiger partial charge in [-0.3, -0.25) is 9.69 Å². The number of hydrogen-bond acceptors (Lipinski definition) is 3. The zero-order valence-corrected chi connectivity index (χ0v) is 10.8. The Kier molecular flexibility index (Phi) is 4.73. The number of hydrogen-bond donors (Lipinski definition) is 1. The molecule has 1 fully saturated rings. The van der Waals surface area contributed by atoms with Crippen molar-refractivity contribution in [3.05, 3.63) is 35.4 Å². The number of carbonyl (C=O) groups is 1. The topological polar surface area (TPSA) is 41.6 Å². The maximum Gasteiger partial charge on any atom is 0.251 e. The molecule has 1 aliphatic rings. The van der Waals surface area contributed by atoms with E-state index >= 15 is 0 Å². The first kappa shape index (κ1) is 13.1. The van der Waals surface area contributed by atoms with Gasteiger partial charge in [-0.25, -0.2) is 0 Å². The molecule has 1 aromatic carbocycles. The number of benzene rings is 1. The summed E-state index contributed by atoms with van der Waals surface area (Å²) < 4.78 is 5.32. The summed E-state index contributed by atoms with van der Waals surface area (Å²) in [6.07, 6.45) is 1.02. The molecule has 4 heteroatoms. The first-order chi connectivity index (χ1) is 8.79. The van der Waals surface area contributed by atoms with Crippen LogP contribution < -0.4 is 5.32 Å². The van der Waals surface area contributed by atoms with Gasteiger partial charge in [-0.1, -0.05) is 12.1 Å². The molecule has 1 aromatic rings. The van der Waals surface area contributed by atoms with Crippen LogP contribution in [0, 0.1) is 0 Å². The molecule has 1 heterocycles. The maximum absolute atomic E-state index is 11.4. The van der Waals surface area contributed by atoms with Gasteiger partial charge in [0.2, 0.25) is 0 Å². The molecule has 0 bridgehead atoms. The van der Waals surface area contributed by atoms with Crippen molar-refractivity contribution in [3.8, 4) is 0 Å². The van der Waals surface area contributed by atoms with Crippen molar-refractivity contribution >= 4 is 5.91 Å². The molecule has 1 saturated heterocycles. The van der Waals surface area contributed by atoms with E-state index in [1.54, 1.807) is 7.05 Å². The number of amides is 1. The van der Waals surface area contributed by atoms with Crippen LogP contribution in [-0.2, 0) is 11.2 Å². The molecule has 1 aliphatic heterocycles. The molecule has 4 nitrogen and oxygen atoms in total. The fourth-order valence-electron chi connectivity index (χ4n) is 2.08. The van der Waals surface area contributed by atoms with Gasteiger partial charge in [0.05, 0.1) is 13.2 Å². The monoisotopic (exact) mass is 248 g/mol. The summed E-state index contributed by atoms with van der Waals surface area (Å²) >= 11 is 0. The molecule has 0 spiro atoms. The number of morpholine rings is 1. The summed E-state index contributed by atoms with van der Waals surface area (Å²) in [6, 6.07) is 7.83. The molecule has 98 valence electrons. The van der Waals surface area contributed by atoms with Gasteiger partial charge in [-0.2, -0.15) is 0 Å². The first-order valence-corrected chi connectivity index (χ1v) is 6.41. The summed E-state index contributed by atoms with van der Waals surface area (Å²) in [6.45, 7) is 4.79. The predicted molar refractivity (Wildman–Crippen MR) is 70.8 cm³/mol. The third-order valence-electron chi connectivity index (χ3n) is 3.26. The third-order valence-corrected chi connectivity index (χ3v) is 3.26. The number of nitrogens with zero attached hydrogens (tertiary/aromatic N) is 1. The molecule has 1 amide bonds. The molecular weight excluding hydrogens is 228 g/mol. The van der Waals surface area contributed by atoms with E-state index in [2.05, 4.69) is 10.2 Å². The van der Waals surface area contributed by atoms with Crippen LogP contribution in [0.2, 0.25) is 0 Å². The second-order valence-electron chi connectivity index (χ2n) is 4.48. The van der Waals surface area contributed by atoms with Crippen molar-refractivity contribution in [1.29, 1.82) is 0 Å².